The Morgan fingerprint density at radius 3 is 2.85 bits per heavy atom. The minimum Gasteiger partial charge on any atom is -0.484 e. The molecule has 2 rings (SSSR count). The fourth-order valence-electron chi connectivity index (χ4n) is 1.46. The molecule has 0 atom stereocenters. The van der Waals surface area contributed by atoms with Gasteiger partial charge in [0.2, 0.25) is 17.5 Å². The summed E-state index contributed by atoms with van der Waals surface area (Å²) in [4.78, 5) is 4.06. The van der Waals surface area contributed by atoms with Crippen molar-refractivity contribution in [2.45, 2.75) is 6.61 Å². The van der Waals surface area contributed by atoms with Gasteiger partial charge >= 0.3 is 0 Å². The summed E-state index contributed by atoms with van der Waals surface area (Å²) >= 11 is 3.35. The van der Waals surface area contributed by atoms with Gasteiger partial charge in [0.25, 0.3) is 0 Å². The Morgan fingerprint density at radius 1 is 1.45 bits per heavy atom. The molecule has 5 nitrogen and oxygen atoms in total. The average molecular weight is 334 g/mol. The monoisotopic (exact) mass is 333 g/mol. The normalized spacial score (nSPS) is 9.80. The van der Waals surface area contributed by atoms with Gasteiger partial charge in [-0.15, -0.1) is 6.58 Å². The number of halogens is 1. The third kappa shape index (κ3) is 3.62. The Morgan fingerprint density at radius 2 is 2.20 bits per heavy atom. The van der Waals surface area contributed by atoms with Crippen LogP contribution in [0.3, 0.4) is 0 Å². The Hall–Kier alpha value is -2.26. The van der Waals surface area contributed by atoms with E-state index in [-0.39, 0.29) is 12.3 Å². The second kappa shape index (κ2) is 6.78. The van der Waals surface area contributed by atoms with Crippen LogP contribution in [0.1, 0.15) is 11.6 Å². The largest absolute Gasteiger partial charge is 0.484 e. The molecule has 0 spiro atoms. The summed E-state index contributed by atoms with van der Waals surface area (Å²) in [5.74, 6) is 1.38. The molecule has 1 N–H and O–H groups in total. The van der Waals surface area contributed by atoms with Crippen LogP contribution in [-0.2, 0) is 6.61 Å². The van der Waals surface area contributed by atoms with Crippen molar-refractivity contribution in [2.24, 2.45) is 0 Å². The number of nitrogens with zero attached hydrogens (tertiary/aromatic N) is 2. The molecule has 1 aromatic heterocycles. The molecule has 0 bridgehead atoms. The molecular weight excluding hydrogens is 322 g/mol. The van der Waals surface area contributed by atoms with Crippen LogP contribution < -0.4 is 10.1 Å². The molecule has 1 heterocycles. The molecule has 1 aromatic carbocycles. The Labute approximate surface area is 125 Å². The van der Waals surface area contributed by atoms with E-state index >= 15 is 0 Å². The fourth-order valence-corrected chi connectivity index (χ4v) is 1.73. The topological polar surface area (TPSA) is 71.1 Å². The van der Waals surface area contributed by atoms with Crippen molar-refractivity contribution < 1.29 is 9.15 Å². The minimum absolute atomic E-state index is 0.159. The van der Waals surface area contributed by atoms with Crippen molar-refractivity contribution in [3.05, 3.63) is 53.0 Å². The summed E-state index contributed by atoms with van der Waals surface area (Å²) in [6.07, 6.45) is 1.67. The molecule has 0 fully saturated rings. The van der Waals surface area contributed by atoms with Gasteiger partial charge in [0.1, 0.15) is 11.8 Å². The summed E-state index contributed by atoms with van der Waals surface area (Å²) in [7, 11) is 0. The molecule has 0 saturated heterocycles. The highest BCUT2D eigenvalue weighted by Crippen LogP contribution is 2.20. The van der Waals surface area contributed by atoms with Crippen LogP contribution in [0.25, 0.3) is 0 Å². The third-order valence-corrected chi connectivity index (χ3v) is 2.89. The van der Waals surface area contributed by atoms with E-state index in [1.807, 2.05) is 30.3 Å². The molecule has 0 saturated carbocycles. The van der Waals surface area contributed by atoms with Crippen molar-refractivity contribution in [3.8, 4) is 11.8 Å². The highest BCUT2D eigenvalue weighted by molar-refractivity contribution is 9.10. The number of nitrogens with one attached hydrogen (secondary N) is 1. The number of benzene rings is 1. The van der Waals surface area contributed by atoms with Crippen LogP contribution >= 0.6 is 15.9 Å². The van der Waals surface area contributed by atoms with Gasteiger partial charge in [-0.3, -0.25) is 0 Å². The summed E-state index contributed by atoms with van der Waals surface area (Å²) < 4.78 is 11.9. The van der Waals surface area contributed by atoms with E-state index in [2.05, 4.69) is 32.8 Å². The maximum absolute atomic E-state index is 8.96. The zero-order chi connectivity index (χ0) is 14.4. The molecule has 0 radical (unpaired) electrons. The highest BCUT2D eigenvalue weighted by atomic mass is 79.9. The maximum atomic E-state index is 8.96. The molecule has 2 aromatic rings. The maximum Gasteiger partial charge on any atom is 0.236 e. The van der Waals surface area contributed by atoms with Gasteiger partial charge in [-0.1, -0.05) is 22.0 Å². The second-order valence-corrected chi connectivity index (χ2v) is 4.72. The van der Waals surface area contributed by atoms with Gasteiger partial charge in [-0.05, 0) is 24.3 Å². The molecule has 0 aliphatic heterocycles. The first-order valence-electron chi connectivity index (χ1n) is 5.86. The van der Waals surface area contributed by atoms with E-state index < -0.39 is 0 Å². The first-order chi connectivity index (χ1) is 9.72. The summed E-state index contributed by atoms with van der Waals surface area (Å²) in [6.45, 7) is 4.24. The predicted octanol–water partition coefficient (Wildman–Crippen LogP) is 3.49. The van der Waals surface area contributed by atoms with Gasteiger partial charge in [-0.25, -0.2) is 0 Å². The Kier molecular flexibility index (Phi) is 4.80. The Bertz CT molecular complexity index is 629. The lowest BCUT2D eigenvalue weighted by Crippen LogP contribution is -1.97. The van der Waals surface area contributed by atoms with E-state index in [1.54, 1.807) is 6.08 Å². The van der Waals surface area contributed by atoms with Crippen LogP contribution in [0.5, 0.6) is 5.75 Å². The van der Waals surface area contributed by atoms with Crippen LogP contribution in [0, 0.1) is 11.3 Å². The summed E-state index contributed by atoms with van der Waals surface area (Å²) in [5.41, 5.74) is 0.209. The van der Waals surface area contributed by atoms with Crippen molar-refractivity contribution in [3.63, 3.8) is 0 Å². The van der Waals surface area contributed by atoms with Gasteiger partial charge < -0.3 is 14.5 Å². The average Bonchev–Trinajstić information content (AvgIpc) is 2.87. The zero-order valence-electron chi connectivity index (χ0n) is 10.6. The van der Waals surface area contributed by atoms with E-state index in [0.717, 1.165) is 4.47 Å². The molecule has 102 valence electrons. The quantitative estimate of drug-likeness (QED) is 0.819. The molecule has 0 unspecified atom stereocenters. The standard InChI is InChI=1S/C14H12BrN3O2/c1-2-7-17-14-12(8-16)18-13(20-14)9-19-11-5-3-10(15)4-6-11/h2-6,17H,1,7,9H2. The number of ether oxygens (including phenoxy) is 1. The SMILES string of the molecule is C=CCNc1oc(COc2ccc(Br)cc2)nc1C#N. The minimum atomic E-state index is 0.159. The number of hydrogen-bond donors (Lipinski definition) is 1. The third-order valence-electron chi connectivity index (χ3n) is 2.36. The van der Waals surface area contributed by atoms with E-state index in [9.17, 15) is 0 Å². The summed E-state index contributed by atoms with van der Waals surface area (Å²) in [5, 5.41) is 11.9. The molecular formula is C14H12BrN3O2. The first-order valence-corrected chi connectivity index (χ1v) is 6.65. The number of hydrogen-bond acceptors (Lipinski definition) is 5. The number of nitriles is 1. The van der Waals surface area contributed by atoms with Crippen LogP contribution in [-0.4, -0.2) is 11.5 Å². The summed E-state index contributed by atoms with van der Waals surface area (Å²) in [6, 6.07) is 9.38. The van der Waals surface area contributed by atoms with Gasteiger partial charge in [0.15, 0.2) is 6.61 Å². The first kappa shape index (κ1) is 14.2. The van der Waals surface area contributed by atoms with Gasteiger partial charge in [-0.2, -0.15) is 10.2 Å². The Balaban J connectivity index is 2.02. The van der Waals surface area contributed by atoms with Crippen molar-refractivity contribution in [1.82, 2.24) is 4.98 Å². The van der Waals surface area contributed by atoms with E-state index in [1.165, 1.54) is 0 Å². The highest BCUT2D eigenvalue weighted by Gasteiger charge is 2.12. The van der Waals surface area contributed by atoms with Gasteiger partial charge in [0, 0.05) is 11.0 Å². The number of oxazole rings is 1. The van der Waals surface area contributed by atoms with Crippen molar-refractivity contribution in [1.29, 1.82) is 5.26 Å². The molecule has 0 aliphatic carbocycles. The van der Waals surface area contributed by atoms with Crippen LogP contribution in [0.2, 0.25) is 0 Å². The smallest absolute Gasteiger partial charge is 0.236 e. The second-order valence-electron chi connectivity index (χ2n) is 3.81. The lowest BCUT2D eigenvalue weighted by atomic mass is 10.3. The lowest BCUT2D eigenvalue weighted by molar-refractivity contribution is 0.265. The van der Waals surface area contributed by atoms with Crippen molar-refractivity contribution >= 4 is 21.8 Å². The molecule has 20 heavy (non-hydrogen) atoms. The molecule has 0 aliphatic rings. The fraction of sp³-hybridized carbons (Fsp3) is 0.143. The number of rotatable bonds is 6. The van der Waals surface area contributed by atoms with E-state index in [0.29, 0.717) is 24.1 Å². The van der Waals surface area contributed by atoms with Crippen LogP contribution in [0.15, 0.2) is 45.8 Å². The van der Waals surface area contributed by atoms with Crippen LogP contribution in [0.4, 0.5) is 5.88 Å². The van der Waals surface area contributed by atoms with Crippen molar-refractivity contribution in [2.75, 3.05) is 11.9 Å². The zero-order valence-corrected chi connectivity index (χ0v) is 12.2. The predicted molar refractivity (Wildman–Crippen MR) is 78.4 cm³/mol. The van der Waals surface area contributed by atoms with Gasteiger partial charge in [0.05, 0.1) is 0 Å². The number of aromatic nitrogens is 1. The lowest BCUT2D eigenvalue weighted by Gasteiger charge is -2.03. The number of anilines is 1. The van der Waals surface area contributed by atoms with E-state index in [4.69, 9.17) is 14.4 Å². The molecule has 0 amide bonds. The molecule has 6 heteroatoms.